The number of carbonyl (C=O) groups excluding carboxylic acids is 1. The topological polar surface area (TPSA) is 42.0 Å². The number of anilines is 1. The Morgan fingerprint density at radius 1 is 0.875 bits per heavy atom. The number of methoxy groups -OCH3 is 1. The molecule has 1 saturated heterocycles. The molecule has 0 unspecified atom stereocenters. The van der Waals surface area contributed by atoms with E-state index in [1.54, 1.807) is 7.11 Å². The first-order valence-electron chi connectivity index (χ1n) is 11.2. The van der Waals surface area contributed by atoms with Gasteiger partial charge in [-0.15, -0.1) is 0 Å². The smallest absolute Gasteiger partial charge is 0.327 e. The molecule has 166 valence electrons. The van der Waals surface area contributed by atoms with Gasteiger partial charge in [-0.3, -0.25) is 9.80 Å². The number of ether oxygens (including phenoxy) is 2. The summed E-state index contributed by atoms with van der Waals surface area (Å²) in [5, 5.41) is 0. The van der Waals surface area contributed by atoms with Gasteiger partial charge in [0.25, 0.3) is 0 Å². The molecule has 1 aliphatic heterocycles. The lowest BCUT2D eigenvalue weighted by Crippen LogP contribution is -2.36. The lowest BCUT2D eigenvalue weighted by molar-refractivity contribution is -0.0365. The number of benzene rings is 3. The van der Waals surface area contributed by atoms with E-state index in [0.717, 1.165) is 35.4 Å². The van der Waals surface area contributed by atoms with Crippen molar-refractivity contribution in [1.29, 1.82) is 0 Å². The van der Waals surface area contributed by atoms with E-state index >= 15 is 0 Å². The van der Waals surface area contributed by atoms with Crippen LogP contribution in [0.25, 0.3) is 0 Å². The minimum atomic E-state index is -0.390. The predicted molar refractivity (Wildman–Crippen MR) is 127 cm³/mol. The van der Waals surface area contributed by atoms with E-state index in [4.69, 9.17) is 9.47 Å². The van der Waals surface area contributed by atoms with Crippen LogP contribution in [0, 0.1) is 0 Å². The van der Waals surface area contributed by atoms with Crippen LogP contribution in [-0.4, -0.2) is 30.9 Å². The number of urea groups is 1. The number of carbonyl (C=O) groups is 1. The molecule has 0 spiro atoms. The number of unbranched alkanes of at least 4 members (excludes halogenated alkanes) is 1. The van der Waals surface area contributed by atoms with Crippen molar-refractivity contribution in [2.75, 3.05) is 18.6 Å². The van der Waals surface area contributed by atoms with Gasteiger partial charge < -0.3 is 9.47 Å². The number of hydrogen-bond donors (Lipinski definition) is 0. The molecule has 1 heterocycles. The zero-order valence-electron chi connectivity index (χ0n) is 18.7. The van der Waals surface area contributed by atoms with Crippen molar-refractivity contribution in [2.24, 2.45) is 0 Å². The SMILES string of the molecule is CCCCO[C@H]1[C@H](c2ccccc2)N(c2ccc(OC)cc2)C(=O)N1Cc1ccccc1. The third-order valence-electron chi connectivity index (χ3n) is 5.78. The third-order valence-corrected chi connectivity index (χ3v) is 5.78. The van der Waals surface area contributed by atoms with Gasteiger partial charge in [0.1, 0.15) is 11.8 Å². The summed E-state index contributed by atoms with van der Waals surface area (Å²) in [6.45, 7) is 3.25. The van der Waals surface area contributed by atoms with Crippen LogP contribution in [0.2, 0.25) is 0 Å². The van der Waals surface area contributed by atoms with Gasteiger partial charge in [-0.25, -0.2) is 4.79 Å². The quantitative estimate of drug-likeness (QED) is 0.390. The van der Waals surface area contributed by atoms with Crippen LogP contribution in [0.3, 0.4) is 0 Å². The summed E-state index contributed by atoms with van der Waals surface area (Å²) in [7, 11) is 1.64. The fourth-order valence-electron chi connectivity index (χ4n) is 4.11. The molecular formula is C27H30N2O3. The van der Waals surface area contributed by atoms with Crippen molar-refractivity contribution < 1.29 is 14.3 Å². The van der Waals surface area contributed by atoms with E-state index in [9.17, 15) is 4.79 Å². The molecule has 32 heavy (non-hydrogen) atoms. The van der Waals surface area contributed by atoms with Gasteiger partial charge in [-0.2, -0.15) is 0 Å². The Kier molecular flexibility index (Phi) is 7.07. The summed E-state index contributed by atoms with van der Waals surface area (Å²) >= 11 is 0. The van der Waals surface area contributed by atoms with Crippen LogP contribution >= 0.6 is 0 Å². The molecule has 0 radical (unpaired) electrons. The van der Waals surface area contributed by atoms with Gasteiger partial charge >= 0.3 is 6.03 Å². The summed E-state index contributed by atoms with van der Waals surface area (Å²) in [6, 6.07) is 27.5. The molecule has 1 fully saturated rings. The zero-order chi connectivity index (χ0) is 22.3. The third kappa shape index (κ3) is 4.63. The minimum absolute atomic E-state index is 0.0608. The van der Waals surface area contributed by atoms with Crippen LogP contribution in [0.4, 0.5) is 10.5 Å². The molecule has 1 aliphatic rings. The van der Waals surface area contributed by atoms with E-state index in [2.05, 4.69) is 19.1 Å². The molecule has 0 saturated carbocycles. The second-order valence-electron chi connectivity index (χ2n) is 7.93. The molecule has 2 atom stereocenters. The van der Waals surface area contributed by atoms with Gasteiger partial charge in [0, 0.05) is 12.3 Å². The fraction of sp³-hybridized carbons (Fsp3) is 0.296. The first-order chi connectivity index (χ1) is 15.7. The number of nitrogens with zero attached hydrogens (tertiary/aromatic N) is 2. The maximum atomic E-state index is 13.8. The average molecular weight is 431 g/mol. The highest BCUT2D eigenvalue weighted by atomic mass is 16.5. The van der Waals surface area contributed by atoms with Gasteiger partial charge in [0.2, 0.25) is 0 Å². The number of amides is 2. The lowest BCUT2D eigenvalue weighted by atomic mass is 10.0. The van der Waals surface area contributed by atoms with Gasteiger partial charge in [0.15, 0.2) is 6.23 Å². The summed E-state index contributed by atoms with van der Waals surface area (Å²) in [6.07, 6.45) is 1.60. The number of hydrogen-bond acceptors (Lipinski definition) is 3. The number of rotatable bonds is 9. The molecule has 3 aromatic rings. The standard InChI is InChI=1S/C27H30N2O3/c1-3-4-19-32-26-25(22-13-9-6-10-14-22)29(23-15-17-24(31-2)18-16-23)27(30)28(26)20-21-11-7-5-8-12-21/h5-18,25-26H,3-4,19-20H2,1-2H3/t25-,26-/m0/s1. The summed E-state index contributed by atoms with van der Waals surface area (Å²) in [5.74, 6) is 0.758. The molecule has 4 rings (SSSR count). The second-order valence-corrected chi connectivity index (χ2v) is 7.93. The van der Waals surface area contributed by atoms with E-state index < -0.39 is 6.23 Å². The largest absolute Gasteiger partial charge is 0.497 e. The van der Waals surface area contributed by atoms with Gasteiger partial charge in [0.05, 0.1) is 13.7 Å². The van der Waals surface area contributed by atoms with E-state index in [1.807, 2.05) is 82.6 Å². The molecule has 0 aromatic heterocycles. The molecule has 0 aliphatic carbocycles. The molecule has 0 bridgehead atoms. The van der Waals surface area contributed by atoms with Gasteiger partial charge in [-0.1, -0.05) is 74.0 Å². The highest BCUT2D eigenvalue weighted by Crippen LogP contribution is 2.41. The predicted octanol–water partition coefficient (Wildman–Crippen LogP) is 6.02. The molecular weight excluding hydrogens is 400 g/mol. The Morgan fingerprint density at radius 2 is 1.53 bits per heavy atom. The van der Waals surface area contributed by atoms with Crippen LogP contribution in [0.15, 0.2) is 84.9 Å². The van der Waals surface area contributed by atoms with E-state index in [1.165, 1.54) is 0 Å². The first-order valence-corrected chi connectivity index (χ1v) is 11.2. The minimum Gasteiger partial charge on any atom is -0.497 e. The maximum Gasteiger partial charge on any atom is 0.327 e. The van der Waals surface area contributed by atoms with Crippen molar-refractivity contribution in [3.05, 3.63) is 96.1 Å². The highest BCUT2D eigenvalue weighted by molar-refractivity contribution is 5.95. The second kappa shape index (κ2) is 10.3. The average Bonchev–Trinajstić information content (AvgIpc) is 3.12. The fourth-order valence-corrected chi connectivity index (χ4v) is 4.11. The van der Waals surface area contributed by atoms with Crippen molar-refractivity contribution >= 4 is 11.7 Å². The summed E-state index contributed by atoms with van der Waals surface area (Å²) < 4.78 is 11.7. The molecule has 5 nitrogen and oxygen atoms in total. The van der Waals surface area contributed by atoms with Gasteiger partial charge in [-0.05, 0) is 41.8 Å². The molecule has 5 heteroatoms. The maximum absolute atomic E-state index is 13.8. The Labute approximate surface area is 190 Å². The van der Waals surface area contributed by atoms with Crippen LogP contribution in [-0.2, 0) is 11.3 Å². The van der Waals surface area contributed by atoms with E-state index in [0.29, 0.717) is 13.2 Å². The van der Waals surface area contributed by atoms with Crippen LogP contribution < -0.4 is 9.64 Å². The highest BCUT2D eigenvalue weighted by Gasteiger charge is 2.48. The zero-order valence-corrected chi connectivity index (χ0v) is 18.7. The van der Waals surface area contributed by atoms with Crippen molar-refractivity contribution in [3.8, 4) is 5.75 Å². The Bertz CT molecular complexity index is 992. The van der Waals surface area contributed by atoms with Crippen LogP contribution in [0.5, 0.6) is 5.75 Å². The first kappa shape index (κ1) is 21.9. The van der Waals surface area contributed by atoms with Crippen molar-refractivity contribution in [3.63, 3.8) is 0 Å². The van der Waals surface area contributed by atoms with E-state index in [-0.39, 0.29) is 12.1 Å². The van der Waals surface area contributed by atoms with Crippen LogP contribution in [0.1, 0.15) is 36.9 Å². The Hall–Kier alpha value is -3.31. The normalized spacial score (nSPS) is 18.2. The molecule has 0 N–H and O–H groups in total. The summed E-state index contributed by atoms with van der Waals surface area (Å²) in [4.78, 5) is 17.5. The van der Waals surface area contributed by atoms with Crippen molar-refractivity contribution in [2.45, 2.75) is 38.6 Å². The Morgan fingerprint density at radius 3 is 2.16 bits per heavy atom. The summed E-state index contributed by atoms with van der Waals surface area (Å²) in [5.41, 5.74) is 2.95. The Balaban J connectivity index is 1.75. The lowest BCUT2D eigenvalue weighted by Gasteiger charge is -2.28. The monoisotopic (exact) mass is 430 g/mol. The van der Waals surface area contributed by atoms with Crippen molar-refractivity contribution in [1.82, 2.24) is 4.90 Å². The molecule has 2 amide bonds. The molecule has 3 aromatic carbocycles.